The Morgan fingerprint density at radius 1 is 0.850 bits per heavy atom. The van der Waals surface area contributed by atoms with E-state index in [1.807, 2.05) is 77.9 Å². The van der Waals surface area contributed by atoms with Crippen LogP contribution in [0.3, 0.4) is 0 Å². The first kappa shape index (κ1) is 30.9. The standard InChI is InChI=1S/C32H41N3O4S/c1-7-29(32(37)33-20-23(2)3)34(21-27-16-12-24(4)13-17-27)31(36)22-35(30-11-9-8-10-26(30)6)40(38,39)28-18-14-25(5)15-19-28/h8-19,23,29H,7,20-22H2,1-6H3,(H,33,37)/t29-/m1/s1. The molecule has 0 fully saturated rings. The summed E-state index contributed by atoms with van der Waals surface area (Å²) in [7, 11) is -4.09. The van der Waals surface area contributed by atoms with E-state index in [0.717, 1.165) is 26.6 Å². The Hall–Kier alpha value is -3.65. The van der Waals surface area contributed by atoms with Crippen LogP contribution in [0.25, 0.3) is 0 Å². The molecular formula is C32H41N3O4S. The highest BCUT2D eigenvalue weighted by Crippen LogP contribution is 2.27. The molecule has 1 N–H and O–H groups in total. The monoisotopic (exact) mass is 563 g/mol. The van der Waals surface area contributed by atoms with Gasteiger partial charge in [0.05, 0.1) is 10.6 Å². The van der Waals surface area contributed by atoms with Crippen molar-refractivity contribution in [2.45, 2.75) is 65.4 Å². The number of hydrogen-bond acceptors (Lipinski definition) is 4. The van der Waals surface area contributed by atoms with Crippen molar-refractivity contribution in [2.24, 2.45) is 5.92 Å². The van der Waals surface area contributed by atoms with Crippen molar-refractivity contribution in [1.82, 2.24) is 10.2 Å². The second-order valence-corrected chi connectivity index (χ2v) is 12.5. The van der Waals surface area contributed by atoms with Gasteiger partial charge in [0.25, 0.3) is 10.0 Å². The zero-order valence-electron chi connectivity index (χ0n) is 24.3. The van der Waals surface area contributed by atoms with Crippen molar-refractivity contribution < 1.29 is 18.0 Å². The number of sulfonamides is 1. The third-order valence-corrected chi connectivity index (χ3v) is 8.59. The molecule has 40 heavy (non-hydrogen) atoms. The van der Waals surface area contributed by atoms with Crippen LogP contribution in [0.2, 0.25) is 0 Å². The van der Waals surface area contributed by atoms with Gasteiger partial charge >= 0.3 is 0 Å². The molecule has 3 aromatic rings. The average Bonchev–Trinajstić information content (AvgIpc) is 2.92. The normalized spacial score (nSPS) is 12.2. The number of benzene rings is 3. The van der Waals surface area contributed by atoms with E-state index >= 15 is 0 Å². The first-order valence-corrected chi connectivity index (χ1v) is 15.2. The fourth-order valence-electron chi connectivity index (χ4n) is 4.43. The van der Waals surface area contributed by atoms with Gasteiger partial charge in [-0.25, -0.2) is 8.42 Å². The van der Waals surface area contributed by atoms with Crippen molar-refractivity contribution in [1.29, 1.82) is 0 Å². The molecule has 0 aliphatic carbocycles. The summed E-state index contributed by atoms with van der Waals surface area (Å²) < 4.78 is 29.1. The predicted octanol–water partition coefficient (Wildman–Crippen LogP) is 5.39. The van der Waals surface area contributed by atoms with Gasteiger partial charge in [-0.05, 0) is 62.4 Å². The zero-order valence-corrected chi connectivity index (χ0v) is 25.2. The summed E-state index contributed by atoms with van der Waals surface area (Å²) in [6.45, 7) is 11.8. The van der Waals surface area contributed by atoms with Crippen LogP contribution < -0.4 is 9.62 Å². The summed E-state index contributed by atoms with van der Waals surface area (Å²) >= 11 is 0. The minimum atomic E-state index is -4.09. The third kappa shape index (κ3) is 7.72. The maximum Gasteiger partial charge on any atom is 0.264 e. The predicted molar refractivity (Wildman–Crippen MR) is 161 cm³/mol. The van der Waals surface area contributed by atoms with E-state index in [1.54, 1.807) is 36.4 Å². The molecule has 214 valence electrons. The molecule has 0 unspecified atom stereocenters. The number of para-hydroxylation sites is 1. The van der Waals surface area contributed by atoms with E-state index in [-0.39, 0.29) is 23.3 Å². The van der Waals surface area contributed by atoms with Crippen LogP contribution in [-0.2, 0) is 26.2 Å². The molecule has 3 rings (SSSR count). The molecule has 0 aromatic heterocycles. The fourth-order valence-corrected chi connectivity index (χ4v) is 5.90. The number of rotatable bonds is 12. The van der Waals surface area contributed by atoms with Gasteiger partial charge in [0.2, 0.25) is 11.8 Å². The summed E-state index contributed by atoms with van der Waals surface area (Å²) in [6.07, 6.45) is 0.386. The molecule has 0 aliphatic heterocycles. The Morgan fingerprint density at radius 3 is 1.98 bits per heavy atom. The lowest BCUT2D eigenvalue weighted by molar-refractivity contribution is -0.140. The van der Waals surface area contributed by atoms with E-state index < -0.39 is 28.5 Å². The van der Waals surface area contributed by atoms with Crippen molar-refractivity contribution in [3.05, 3.63) is 95.1 Å². The molecule has 1 atom stereocenters. The van der Waals surface area contributed by atoms with Crippen LogP contribution in [-0.4, -0.2) is 44.3 Å². The lowest BCUT2D eigenvalue weighted by atomic mass is 10.1. The van der Waals surface area contributed by atoms with Gasteiger partial charge in [-0.15, -0.1) is 0 Å². The highest BCUT2D eigenvalue weighted by Gasteiger charge is 2.34. The van der Waals surface area contributed by atoms with Crippen LogP contribution in [0, 0.1) is 26.7 Å². The first-order valence-electron chi connectivity index (χ1n) is 13.7. The Kier molecular flexibility index (Phi) is 10.5. The quantitative estimate of drug-likeness (QED) is 0.320. The largest absolute Gasteiger partial charge is 0.354 e. The van der Waals surface area contributed by atoms with Gasteiger partial charge in [-0.2, -0.15) is 0 Å². The van der Waals surface area contributed by atoms with Crippen LogP contribution in [0.4, 0.5) is 5.69 Å². The molecule has 0 aliphatic rings. The molecular weight excluding hydrogens is 522 g/mol. The highest BCUT2D eigenvalue weighted by atomic mass is 32.2. The summed E-state index contributed by atoms with van der Waals surface area (Å²) in [6, 6.07) is 20.7. The molecule has 7 nitrogen and oxygen atoms in total. The molecule has 0 saturated carbocycles. The summed E-state index contributed by atoms with van der Waals surface area (Å²) in [5.74, 6) is -0.453. The number of nitrogens with one attached hydrogen (secondary N) is 1. The number of nitrogens with zero attached hydrogens (tertiary/aromatic N) is 2. The van der Waals surface area contributed by atoms with Crippen molar-refractivity contribution >= 4 is 27.5 Å². The van der Waals surface area contributed by atoms with Crippen LogP contribution in [0.1, 0.15) is 49.4 Å². The molecule has 3 aromatic carbocycles. The summed E-state index contributed by atoms with van der Waals surface area (Å²) in [5.41, 5.74) is 4.01. The number of anilines is 1. The highest BCUT2D eigenvalue weighted by molar-refractivity contribution is 7.92. The molecule has 0 heterocycles. The van der Waals surface area contributed by atoms with Gasteiger partial charge in [0, 0.05) is 13.1 Å². The van der Waals surface area contributed by atoms with E-state index in [0.29, 0.717) is 18.7 Å². The molecule has 0 saturated heterocycles. The maximum absolute atomic E-state index is 14.1. The Balaban J connectivity index is 2.05. The minimum absolute atomic E-state index is 0.0981. The second-order valence-electron chi connectivity index (χ2n) is 10.7. The van der Waals surface area contributed by atoms with E-state index in [9.17, 15) is 18.0 Å². The van der Waals surface area contributed by atoms with Crippen molar-refractivity contribution in [3.8, 4) is 0 Å². The number of carbonyl (C=O) groups excluding carboxylic acids is 2. The van der Waals surface area contributed by atoms with Gasteiger partial charge < -0.3 is 10.2 Å². The Morgan fingerprint density at radius 2 is 1.43 bits per heavy atom. The lowest BCUT2D eigenvalue weighted by Crippen LogP contribution is -2.52. The number of amides is 2. The van der Waals surface area contributed by atoms with Gasteiger partial charge in [-0.3, -0.25) is 13.9 Å². The molecule has 0 bridgehead atoms. The lowest BCUT2D eigenvalue weighted by Gasteiger charge is -2.33. The van der Waals surface area contributed by atoms with E-state index in [1.165, 1.54) is 4.90 Å². The van der Waals surface area contributed by atoms with Crippen LogP contribution in [0.15, 0.2) is 77.7 Å². The van der Waals surface area contributed by atoms with Crippen LogP contribution >= 0.6 is 0 Å². The topological polar surface area (TPSA) is 86.8 Å². The Labute approximate surface area is 239 Å². The second kappa shape index (κ2) is 13.6. The molecule has 0 spiro atoms. The average molecular weight is 564 g/mol. The smallest absolute Gasteiger partial charge is 0.264 e. The number of hydrogen-bond donors (Lipinski definition) is 1. The first-order chi connectivity index (χ1) is 18.9. The zero-order chi connectivity index (χ0) is 29.4. The third-order valence-electron chi connectivity index (χ3n) is 6.82. The SMILES string of the molecule is CC[C@H](C(=O)NCC(C)C)N(Cc1ccc(C)cc1)C(=O)CN(c1ccccc1C)S(=O)(=O)c1ccc(C)cc1. The van der Waals surface area contributed by atoms with Gasteiger partial charge in [0.15, 0.2) is 0 Å². The van der Waals surface area contributed by atoms with Gasteiger partial charge in [0.1, 0.15) is 12.6 Å². The molecule has 0 radical (unpaired) electrons. The molecule has 2 amide bonds. The molecule has 8 heteroatoms. The maximum atomic E-state index is 14.1. The summed E-state index contributed by atoms with van der Waals surface area (Å²) in [4.78, 5) is 29.0. The van der Waals surface area contributed by atoms with Crippen molar-refractivity contribution in [2.75, 3.05) is 17.4 Å². The van der Waals surface area contributed by atoms with E-state index in [4.69, 9.17) is 0 Å². The number of carbonyl (C=O) groups is 2. The van der Waals surface area contributed by atoms with E-state index in [2.05, 4.69) is 5.32 Å². The minimum Gasteiger partial charge on any atom is -0.354 e. The van der Waals surface area contributed by atoms with Gasteiger partial charge in [-0.1, -0.05) is 86.5 Å². The fraction of sp³-hybridized carbons (Fsp3) is 0.375. The Bertz CT molecular complexity index is 1400. The summed E-state index contributed by atoms with van der Waals surface area (Å²) in [5, 5.41) is 2.95. The van der Waals surface area contributed by atoms with Crippen molar-refractivity contribution in [3.63, 3.8) is 0 Å². The van der Waals surface area contributed by atoms with Crippen LogP contribution in [0.5, 0.6) is 0 Å². The number of aryl methyl sites for hydroxylation is 3.